The van der Waals surface area contributed by atoms with E-state index in [0.29, 0.717) is 24.1 Å². The van der Waals surface area contributed by atoms with E-state index in [-0.39, 0.29) is 11.8 Å². The van der Waals surface area contributed by atoms with Gasteiger partial charge in [0.1, 0.15) is 0 Å². The molecular weight excluding hydrogens is 298 g/mol. The summed E-state index contributed by atoms with van der Waals surface area (Å²) in [6.07, 6.45) is 7.00. The Balaban J connectivity index is 1.74. The Bertz CT molecular complexity index is 639. The van der Waals surface area contributed by atoms with Crippen molar-refractivity contribution in [1.82, 2.24) is 4.90 Å². The second-order valence-corrected chi connectivity index (χ2v) is 6.12. The molecule has 0 aromatic heterocycles. The van der Waals surface area contributed by atoms with Gasteiger partial charge in [-0.05, 0) is 43.9 Å². The Morgan fingerprint density at radius 3 is 3.05 bits per heavy atom. The summed E-state index contributed by atoms with van der Waals surface area (Å²) in [5.74, 6) is 0.897. The summed E-state index contributed by atoms with van der Waals surface area (Å²) in [6.45, 7) is 3.26. The van der Waals surface area contributed by atoms with Gasteiger partial charge in [-0.25, -0.2) is 0 Å². The third kappa shape index (κ3) is 3.02. The third-order valence-electron chi connectivity index (χ3n) is 4.24. The molecule has 0 bridgehead atoms. The second-order valence-electron chi connectivity index (χ2n) is 5.71. The Hall–Kier alpha value is -1.81. The average Bonchev–Trinajstić information content (AvgIpc) is 3.00. The minimum atomic E-state index is 0.0792. The molecule has 1 N–H and O–H groups in total. The number of benzene rings is 1. The summed E-state index contributed by atoms with van der Waals surface area (Å²) in [7, 11) is 0. The van der Waals surface area contributed by atoms with Crippen LogP contribution < -0.4 is 5.32 Å². The number of nitrogens with zero attached hydrogens (tertiary/aromatic N) is 2. The third-order valence-corrected chi connectivity index (χ3v) is 4.65. The van der Waals surface area contributed by atoms with Crippen molar-refractivity contribution in [1.29, 1.82) is 0 Å². The molecule has 0 saturated heterocycles. The fourth-order valence-electron chi connectivity index (χ4n) is 2.87. The lowest BCUT2D eigenvalue weighted by molar-refractivity contribution is -0.131. The van der Waals surface area contributed by atoms with Crippen LogP contribution in [0, 0.1) is 12.8 Å². The summed E-state index contributed by atoms with van der Waals surface area (Å²) in [4.78, 5) is 18.9. The van der Waals surface area contributed by atoms with Crippen molar-refractivity contribution in [3.05, 3.63) is 40.9 Å². The van der Waals surface area contributed by atoms with Gasteiger partial charge in [-0.15, -0.1) is 0 Å². The number of nitrogens with one attached hydrogen (secondary N) is 1. The van der Waals surface area contributed by atoms with Crippen LogP contribution in [0.25, 0.3) is 0 Å². The predicted octanol–water partition coefficient (Wildman–Crippen LogP) is 3.61. The molecule has 1 aliphatic carbocycles. The van der Waals surface area contributed by atoms with Gasteiger partial charge >= 0.3 is 0 Å². The SMILES string of the molecule is Cc1c(Cl)cccc1NC1=NCCN1C(=O)C1CC=CCC1. The van der Waals surface area contributed by atoms with E-state index in [1.54, 1.807) is 4.90 Å². The quantitative estimate of drug-likeness (QED) is 0.847. The van der Waals surface area contributed by atoms with Gasteiger partial charge in [0.2, 0.25) is 11.9 Å². The number of anilines is 1. The lowest BCUT2D eigenvalue weighted by Crippen LogP contribution is -2.42. The van der Waals surface area contributed by atoms with E-state index in [4.69, 9.17) is 11.6 Å². The highest BCUT2D eigenvalue weighted by molar-refractivity contribution is 6.31. The molecule has 0 saturated carbocycles. The van der Waals surface area contributed by atoms with Crippen LogP contribution in [0.1, 0.15) is 24.8 Å². The Morgan fingerprint density at radius 1 is 1.41 bits per heavy atom. The molecule has 4 nitrogen and oxygen atoms in total. The minimum absolute atomic E-state index is 0.0792. The Kier molecular flexibility index (Phi) is 4.48. The first-order valence-electron chi connectivity index (χ1n) is 7.70. The van der Waals surface area contributed by atoms with Crippen LogP contribution in [-0.2, 0) is 4.79 Å². The maximum atomic E-state index is 12.7. The molecule has 116 valence electrons. The van der Waals surface area contributed by atoms with Crippen molar-refractivity contribution in [3.8, 4) is 0 Å². The van der Waals surface area contributed by atoms with Crippen molar-refractivity contribution in [2.75, 3.05) is 18.4 Å². The van der Waals surface area contributed by atoms with Gasteiger partial charge < -0.3 is 5.32 Å². The van der Waals surface area contributed by atoms with E-state index in [9.17, 15) is 4.79 Å². The van der Waals surface area contributed by atoms with Crippen LogP contribution in [0.5, 0.6) is 0 Å². The molecule has 1 heterocycles. The van der Waals surface area contributed by atoms with Crippen molar-refractivity contribution in [2.24, 2.45) is 10.9 Å². The number of guanidine groups is 1. The van der Waals surface area contributed by atoms with Gasteiger partial charge in [0.15, 0.2) is 0 Å². The highest BCUT2D eigenvalue weighted by atomic mass is 35.5. The number of allylic oxidation sites excluding steroid dienone is 2. The second kappa shape index (κ2) is 6.53. The van der Waals surface area contributed by atoms with Crippen LogP contribution in [0.15, 0.2) is 35.3 Å². The van der Waals surface area contributed by atoms with E-state index >= 15 is 0 Å². The smallest absolute Gasteiger partial charge is 0.232 e. The lowest BCUT2D eigenvalue weighted by atomic mass is 9.93. The molecule has 1 aliphatic heterocycles. The molecule has 1 aromatic rings. The van der Waals surface area contributed by atoms with Crippen molar-refractivity contribution < 1.29 is 4.79 Å². The van der Waals surface area contributed by atoms with Gasteiger partial charge in [-0.2, -0.15) is 0 Å². The van der Waals surface area contributed by atoms with Crippen LogP contribution in [0.4, 0.5) is 5.69 Å². The molecule has 5 heteroatoms. The number of halogens is 1. The first kappa shape index (κ1) is 15.1. The number of hydrogen-bond acceptors (Lipinski definition) is 3. The highest BCUT2D eigenvalue weighted by Gasteiger charge is 2.30. The molecule has 1 aromatic carbocycles. The molecule has 1 amide bonds. The van der Waals surface area contributed by atoms with E-state index in [1.165, 1.54) is 0 Å². The summed E-state index contributed by atoms with van der Waals surface area (Å²) < 4.78 is 0. The van der Waals surface area contributed by atoms with E-state index in [0.717, 1.165) is 30.5 Å². The first-order chi connectivity index (χ1) is 10.7. The van der Waals surface area contributed by atoms with Gasteiger partial charge in [0.05, 0.1) is 6.54 Å². The summed E-state index contributed by atoms with van der Waals surface area (Å²) in [5.41, 5.74) is 1.86. The van der Waals surface area contributed by atoms with E-state index in [2.05, 4.69) is 22.5 Å². The fraction of sp³-hybridized carbons (Fsp3) is 0.412. The van der Waals surface area contributed by atoms with Gasteiger partial charge in [0.25, 0.3) is 0 Å². The average molecular weight is 318 g/mol. The van der Waals surface area contributed by atoms with Gasteiger partial charge in [-0.1, -0.05) is 29.8 Å². The van der Waals surface area contributed by atoms with Gasteiger partial charge in [0, 0.05) is 23.2 Å². The van der Waals surface area contributed by atoms with Gasteiger partial charge in [-0.3, -0.25) is 14.7 Å². The summed E-state index contributed by atoms with van der Waals surface area (Å²) >= 11 is 6.15. The zero-order chi connectivity index (χ0) is 15.5. The summed E-state index contributed by atoms with van der Waals surface area (Å²) in [5, 5.41) is 3.98. The number of amides is 1. The topological polar surface area (TPSA) is 44.7 Å². The summed E-state index contributed by atoms with van der Waals surface area (Å²) in [6, 6.07) is 5.70. The Morgan fingerprint density at radius 2 is 2.27 bits per heavy atom. The molecular formula is C17H20ClN3O. The highest BCUT2D eigenvalue weighted by Crippen LogP contribution is 2.25. The van der Waals surface area contributed by atoms with Crippen molar-refractivity contribution >= 4 is 29.2 Å². The molecule has 0 radical (unpaired) electrons. The van der Waals surface area contributed by atoms with E-state index in [1.807, 2.05) is 25.1 Å². The van der Waals surface area contributed by atoms with Crippen LogP contribution in [0.2, 0.25) is 5.02 Å². The molecule has 3 rings (SSSR count). The zero-order valence-corrected chi connectivity index (χ0v) is 13.4. The molecule has 22 heavy (non-hydrogen) atoms. The van der Waals surface area contributed by atoms with Crippen molar-refractivity contribution in [3.63, 3.8) is 0 Å². The fourth-order valence-corrected chi connectivity index (χ4v) is 3.04. The molecule has 2 aliphatic rings. The minimum Gasteiger partial charge on any atom is -0.326 e. The number of carbonyl (C=O) groups is 1. The number of carbonyl (C=O) groups excluding carboxylic acids is 1. The maximum Gasteiger partial charge on any atom is 0.232 e. The lowest BCUT2D eigenvalue weighted by Gasteiger charge is -2.25. The normalized spacial score (nSPS) is 20.9. The molecule has 0 spiro atoms. The van der Waals surface area contributed by atoms with Crippen LogP contribution in [0.3, 0.4) is 0 Å². The monoisotopic (exact) mass is 317 g/mol. The molecule has 1 unspecified atom stereocenters. The van der Waals surface area contributed by atoms with Crippen LogP contribution in [-0.4, -0.2) is 29.9 Å². The number of rotatable bonds is 2. The largest absolute Gasteiger partial charge is 0.326 e. The molecule has 0 fully saturated rings. The standard InChI is InChI=1S/C17H20ClN3O/c1-12-14(18)8-5-9-15(12)20-17-19-10-11-21(17)16(22)13-6-3-2-4-7-13/h2-3,5,8-9,13H,4,6-7,10-11H2,1H3,(H,19,20). The first-order valence-corrected chi connectivity index (χ1v) is 8.07. The molecule has 1 atom stereocenters. The van der Waals surface area contributed by atoms with Crippen molar-refractivity contribution in [2.45, 2.75) is 26.2 Å². The number of hydrogen-bond donors (Lipinski definition) is 1. The van der Waals surface area contributed by atoms with E-state index < -0.39 is 0 Å². The van der Waals surface area contributed by atoms with Crippen LogP contribution >= 0.6 is 11.6 Å². The number of aliphatic imine (C=N–C) groups is 1. The predicted molar refractivity (Wildman–Crippen MR) is 90.3 cm³/mol. The Labute approximate surface area is 135 Å². The zero-order valence-electron chi connectivity index (χ0n) is 12.7. The maximum absolute atomic E-state index is 12.7.